The zero-order chi connectivity index (χ0) is 25.1. The first kappa shape index (κ1) is 23.7. The smallest absolute Gasteiger partial charge is 0.250 e. The molecular formula is C25H21ClN6O3S. The van der Waals surface area contributed by atoms with Crippen molar-refractivity contribution in [3.63, 3.8) is 0 Å². The van der Waals surface area contributed by atoms with Gasteiger partial charge in [0.05, 0.1) is 36.2 Å². The van der Waals surface area contributed by atoms with Crippen LogP contribution >= 0.6 is 11.6 Å². The summed E-state index contributed by atoms with van der Waals surface area (Å²) < 4.78 is 30.0. The largest absolute Gasteiger partial charge is 0.354 e. The van der Waals surface area contributed by atoms with Gasteiger partial charge >= 0.3 is 0 Å². The molecule has 9 nitrogen and oxygen atoms in total. The number of nitrogens with one attached hydrogen (secondary N) is 3. The Kier molecular flexibility index (Phi) is 6.55. The van der Waals surface area contributed by atoms with Crippen molar-refractivity contribution >= 4 is 43.9 Å². The fourth-order valence-corrected chi connectivity index (χ4v) is 4.85. The van der Waals surface area contributed by atoms with Crippen molar-refractivity contribution in [2.45, 2.75) is 18.0 Å². The SMILES string of the molecule is O=c1ccccn1Cc1ccc(Nc2cncc(S(=O)(=O)NCc3n[nH]c4ccc(Cl)cc34)c2)cc1. The normalized spacial score (nSPS) is 11.6. The topological polar surface area (TPSA) is 122 Å². The van der Waals surface area contributed by atoms with Gasteiger partial charge in [-0.2, -0.15) is 5.10 Å². The number of hydrogen-bond donors (Lipinski definition) is 3. The molecule has 5 aromatic rings. The average molecular weight is 521 g/mol. The minimum atomic E-state index is -3.85. The number of sulfonamides is 1. The van der Waals surface area contributed by atoms with Crippen molar-refractivity contribution in [2.24, 2.45) is 0 Å². The van der Waals surface area contributed by atoms with Gasteiger partial charge in [-0.25, -0.2) is 13.1 Å². The molecular weight excluding hydrogens is 500 g/mol. The number of pyridine rings is 2. The van der Waals surface area contributed by atoms with E-state index in [0.29, 0.717) is 22.9 Å². The Morgan fingerprint density at radius 2 is 1.81 bits per heavy atom. The molecule has 0 amide bonds. The number of rotatable bonds is 8. The molecule has 2 aromatic carbocycles. The number of aromatic amines is 1. The van der Waals surface area contributed by atoms with E-state index in [0.717, 1.165) is 22.2 Å². The lowest BCUT2D eigenvalue weighted by Gasteiger charge is -2.10. The van der Waals surface area contributed by atoms with Crippen molar-refractivity contribution in [2.75, 3.05) is 5.32 Å². The van der Waals surface area contributed by atoms with E-state index in [1.807, 2.05) is 30.3 Å². The molecule has 0 fully saturated rings. The quantitative estimate of drug-likeness (QED) is 0.284. The van der Waals surface area contributed by atoms with Gasteiger partial charge in [-0.15, -0.1) is 0 Å². The van der Waals surface area contributed by atoms with E-state index in [2.05, 4.69) is 25.2 Å². The highest BCUT2D eigenvalue weighted by atomic mass is 35.5. The third kappa shape index (κ3) is 5.30. The van der Waals surface area contributed by atoms with E-state index in [-0.39, 0.29) is 17.0 Å². The van der Waals surface area contributed by atoms with Crippen LogP contribution in [-0.4, -0.2) is 28.2 Å². The van der Waals surface area contributed by atoms with Gasteiger partial charge in [0, 0.05) is 34.6 Å². The predicted molar refractivity (Wildman–Crippen MR) is 139 cm³/mol. The molecule has 0 bridgehead atoms. The third-order valence-electron chi connectivity index (χ3n) is 5.55. The summed E-state index contributed by atoms with van der Waals surface area (Å²) in [7, 11) is -3.85. The van der Waals surface area contributed by atoms with E-state index in [4.69, 9.17) is 11.6 Å². The second kappa shape index (κ2) is 9.94. The summed E-state index contributed by atoms with van der Waals surface area (Å²) >= 11 is 6.06. The van der Waals surface area contributed by atoms with Crippen LogP contribution in [0.4, 0.5) is 11.4 Å². The lowest BCUT2D eigenvalue weighted by Crippen LogP contribution is -2.23. The molecule has 0 aliphatic carbocycles. The van der Waals surface area contributed by atoms with E-state index in [1.54, 1.807) is 41.2 Å². The molecule has 36 heavy (non-hydrogen) atoms. The molecule has 0 unspecified atom stereocenters. The van der Waals surface area contributed by atoms with Crippen LogP contribution in [0.2, 0.25) is 5.02 Å². The number of hydrogen-bond acceptors (Lipinski definition) is 6. The van der Waals surface area contributed by atoms with Crippen molar-refractivity contribution < 1.29 is 8.42 Å². The molecule has 3 aromatic heterocycles. The van der Waals surface area contributed by atoms with Gasteiger partial charge in [0.2, 0.25) is 10.0 Å². The summed E-state index contributed by atoms with van der Waals surface area (Å²) in [5.74, 6) is 0. The van der Waals surface area contributed by atoms with Crippen LogP contribution in [0.5, 0.6) is 0 Å². The fourth-order valence-electron chi connectivity index (χ4n) is 3.70. The molecule has 0 atom stereocenters. The molecule has 0 saturated heterocycles. The van der Waals surface area contributed by atoms with Crippen molar-refractivity contribution in [3.8, 4) is 0 Å². The van der Waals surface area contributed by atoms with Crippen LogP contribution < -0.4 is 15.6 Å². The Bertz CT molecular complexity index is 1700. The Balaban J connectivity index is 1.27. The minimum Gasteiger partial charge on any atom is -0.354 e. The summed E-state index contributed by atoms with van der Waals surface area (Å²) in [4.78, 5) is 16.0. The van der Waals surface area contributed by atoms with Crippen molar-refractivity contribution in [3.05, 3.63) is 112 Å². The number of halogens is 1. The highest BCUT2D eigenvalue weighted by molar-refractivity contribution is 7.89. The van der Waals surface area contributed by atoms with Crippen molar-refractivity contribution in [1.29, 1.82) is 0 Å². The van der Waals surface area contributed by atoms with Crippen LogP contribution in [0.3, 0.4) is 0 Å². The van der Waals surface area contributed by atoms with Gasteiger partial charge in [-0.05, 0) is 48.0 Å². The predicted octanol–water partition coefficient (Wildman–Crippen LogP) is 4.04. The van der Waals surface area contributed by atoms with Crippen molar-refractivity contribution in [1.82, 2.24) is 24.5 Å². The maximum Gasteiger partial charge on any atom is 0.250 e. The lowest BCUT2D eigenvalue weighted by molar-refractivity contribution is 0.580. The molecule has 3 N–H and O–H groups in total. The first-order valence-corrected chi connectivity index (χ1v) is 12.8. The van der Waals surface area contributed by atoms with Crippen LogP contribution in [0, 0.1) is 0 Å². The van der Waals surface area contributed by atoms with E-state index in [1.165, 1.54) is 18.3 Å². The number of anilines is 2. The molecule has 0 aliphatic heterocycles. The summed E-state index contributed by atoms with van der Waals surface area (Å²) in [6.07, 6.45) is 4.57. The van der Waals surface area contributed by atoms with Crippen LogP contribution in [0.15, 0.2) is 95.0 Å². The molecule has 182 valence electrons. The Labute approximate surface area is 211 Å². The number of nitrogens with zero attached hydrogens (tertiary/aromatic N) is 3. The van der Waals surface area contributed by atoms with E-state index < -0.39 is 10.0 Å². The molecule has 5 rings (SSSR count). The first-order valence-electron chi connectivity index (χ1n) is 11.0. The second-order valence-corrected chi connectivity index (χ2v) is 10.3. The molecule has 11 heteroatoms. The second-order valence-electron chi connectivity index (χ2n) is 8.08. The maximum atomic E-state index is 12.9. The zero-order valence-electron chi connectivity index (χ0n) is 18.8. The van der Waals surface area contributed by atoms with E-state index in [9.17, 15) is 13.2 Å². The third-order valence-corrected chi connectivity index (χ3v) is 7.15. The van der Waals surface area contributed by atoms with E-state index >= 15 is 0 Å². The number of benzene rings is 2. The molecule has 0 radical (unpaired) electrons. The summed E-state index contributed by atoms with van der Waals surface area (Å²) in [6, 6.07) is 19.3. The minimum absolute atomic E-state index is 0.00764. The van der Waals surface area contributed by atoms with Gasteiger partial charge in [-0.1, -0.05) is 29.8 Å². The molecule has 0 spiro atoms. The summed E-state index contributed by atoms with van der Waals surface area (Å²) in [5.41, 5.74) is 3.46. The summed E-state index contributed by atoms with van der Waals surface area (Å²) in [6.45, 7) is 0.449. The molecule has 3 heterocycles. The van der Waals surface area contributed by atoms with Gasteiger partial charge < -0.3 is 9.88 Å². The van der Waals surface area contributed by atoms with Gasteiger partial charge in [0.15, 0.2) is 0 Å². The number of aromatic nitrogens is 4. The first-order chi connectivity index (χ1) is 17.4. The van der Waals surface area contributed by atoms with Crippen LogP contribution in [-0.2, 0) is 23.1 Å². The molecule has 0 saturated carbocycles. The Morgan fingerprint density at radius 1 is 0.972 bits per heavy atom. The Hall–Kier alpha value is -3.99. The average Bonchev–Trinajstić information content (AvgIpc) is 3.28. The standard InChI is InChI=1S/C25H21ClN6O3S/c26-18-6-9-23-22(11-18)24(31-30-23)15-28-36(34,35)21-12-20(13-27-14-21)29-19-7-4-17(5-8-19)16-32-10-2-1-3-25(32)33/h1-14,28-29H,15-16H2,(H,30,31). The highest BCUT2D eigenvalue weighted by Crippen LogP contribution is 2.22. The lowest BCUT2D eigenvalue weighted by atomic mass is 10.2. The summed E-state index contributed by atoms with van der Waals surface area (Å²) in [5, 5.41) is 11.5. The van der Waals surface area contributed by atoms with Gasteiger partial charge in [-0.3, -0.25) is 14.9 Å². The number of H-pyrrole nitrogens is 1. The van der Waals surface area contributed by atoms with Gasteiger partial charge in [0.1, 0.15) is 4.90 Å². The highest BCUT2D eigenvalue weighted by Gasteiger charge is 2.17. The monoisotopic (exact) mass is 520 g/mol. The molecule has 0 aliphatic rings. The van der Waals surface area contributed by atoms with Gasteiger partial charge in [0.25, 0.3) is 5.56 Å². The maximum absolute atomic E-state index is 12.9. The zero-order valence-corrected chi connectivity index (χ0v) is 20.4. The van der Waals surface area contributed by atoms with Crippen LogP contribution in [0.25, 0.3) is 10.9 Å². The Morgan fingerprint density at radius 3 is 2.61 bits per heavy atom. The van der Waals surface area contributed by atoms with Crippen LogP contribution in [0.1, 0.15) is 11.3 Å². The fraction of sp³-hybridized carbons (Fsp3) is 0.0800. The number of fused-ring (bicyclic) bond motifs is 1.